The van der Waals surface area contributed by atoms with Gasteiger partial charge in [0.25, 0.3) is 0 Å². The number of sulfone groups is 1. The lowest BCUT2D eigenvalue weighted by Gasteiger charge is -2.29. The minimum atomic E-state index is -2.90. The van der Waals surface area contributed by atoms with Crippen molar-refractivity contribution in [1.82, 2.24) is 0 Å². The first-order valence-corrected chi connectivity index (χ1v) is 13.0. The first kappa shape index (κ1) is 21.7. The molecule has 0 aromatic heterocycles. The van der Waals surface area contributed by atoms with Crippen LogP contribution in [0.5, 0.6) is 5.75 Å². The maximum absolute atomic E-state index is 12.2. The second-order valence-corrected chi connectivity index (χ2v) is 12.0. The van der Waals surface area contributed by atoms with E-state index in [9.17, 15) is 8.42 Å². The second kappa shape index (κ2) is 9.65. The maximum Gasteiger partial charge on any atom is 0.152 e. The molecule has 0 amide bonds. The van der Waals surface area contributed by atoms with Crippen LogP contribution in [0.2, 0.25) is 0 Å². The second-order valence-electron chi connectivity index (χ2n) is 9.42. The molecule has 0 heterocycles. The Balaban J connectivity index is 1.43. The molecule has 0 N–H and O–H groups in total. The van der Waals surface area contributed by atoms with Crippen LogP contribution in [-0.4, -0.2) is 25.5 Å². The summed E-state index contributed by atoms with van der Waals surface area (Å²) in [5.74, 6) is 2.53. The topological polar surface area (TPSA) is 43.4 Å². The Morgan fingerprint density at radius 3 is 2.25 bits per heavy atom. The molecule has 28 heavy (non-hydrogen) atoms. The van der Waals surface area contributed by atoms with Gasteiger partial charge in [-0.15, -0.1) is 0 Å². The third-order valence-electron chi connectivity index (χ3n) is 6.89. The van der Waals surface area contributed by atoms with Crippen LogP contribution >= 0.6 is 0 Å². The minimum Gasteiger partial charge on any atom is -0.490 e. The van der Waals surface area contributed by atoms with E-state index in [1.54, 1.807) is 13.8 Å². The average Bonchev–Trinajstić information content (AvgIpc) is 3.15. The van der Waals surface area contributed by atoms with Crippen LogP contribution in [0.1, 0.15) is 82.8 Å². The van der Waals surface area contributed by atoms with Crippen LogP contribution < -0.4 is 4.74 Å². The van der Waals surface area contributed by atoms with Gasteiger partial charge in [-0.05, 0) is 107 Å². The average molecular weight is 407 g/mol. The fourth-order valence-corrected chi connectivity index (χ4v) is 6.16. The standard InChI is InChI=1S/C24H38O3S/c1-18(2)28(25,26)17-21-10-8-20(9-11-21)12-13-22-14-15-24(16-19(22)3)27-23-6-4-5-7-23/h14-16,18,20-21,23H,4-13,17H2,1-3H3. The molecule has 0 aliphatic heterocycles. The van der Waals surface area contributed by atoms with E-state index < -0.39 is 9.84 Å². The summed E-state index contributed by atoms with van der Waals surface area (Å²) >= 11 is 0. The number of ether oxygens (including phenoxy) is 1. The molecule has 0 radical (unpaired) electrons. The van der Waals surface area contributed by atoms with Crippen LogP contribution in [-0.2, 0) is 16.3 Å². The number of rotatable bonds is 8. The van der Waals surface area contributed by atoms with Crippen molar-refractivity contribution in [3.63, 3.8) is 0 Å². The molecule has 0 bridgehead atoms. The zero-order chi connectivity index (χ0) is 20.1. The van der Waals surface area contributed by atoms with Crippen molar-refractivity contribution < 1.29 is 13.2 Å². The Bertz CT molecular complexity index is 724. The van der Waals surface area contributed by atoms with Crippen molar-refractivity contribution in [2.24, 2.45) is 11.8 Å². The number of hydrogen-bond acceptors (Lipinski definition) is 3. The van der Waals surface area contributed by atoms with Crippen LogP contribution in [0.15, 0.2) is 18.2 Å². The molecule has 0 atom stereocenters. The molecule has 0 saturated heterocycles. The van der Waals surface area contributed by atoms with Crippen molar-refractivity contribution in [1.29, 1.82) is 0 Å². The Kier molecular flexibility index (Phi) is 7.47. The molecule has 2 aliphatic rings. The fraction of sp³-hybridized carbons (Fsp3) is 0.750. The van der Waals surface area contributed by atoms with Crippen LogP contribution in [0.3, 0.4) is 0 Å². The summed E-state index contributed by atoms with van der Waals surface area (Å²) < 4.78 is 30.4. The highest BCUT2D eigenvalue weighted by Crippen LogP contribution is 2.33. The van der Waals surface area contributed by atoms with Gasteiger partial charge in [0.05, 0.1) is 17.1 Å². The predicted molar refractivity (Wildman–Crippen MR) is 117 cm³/mol. The Hall–Kier alpha value is -1.03. The summed E-state index contributed by atoms with van der Waals surface area (Å²) in [6.45, 7) is 5.80. The van der Waals surface area contributed by atoms with E-state index in [4.69, 9.17) is 4.74 Å². The van der Waals surface area contributed by atoms with Gasteiger partial charge in [0.1, 0.15) is 5.75 Å². The highest BCUT2D eigenvalue weighted by atomic mass is 32.2. The molecule has 0 spiro atoms. The third-order valence-corrected chi connectivity index (χ3v) is 9.27. The van der Waals surface area contributed by atoms with E-state index in [0.29, 0.717) is 17.8 Å². The van der Waals surface area contributed by atoms with Crippen molar-refractivity contribution in [3.8, 4) is 5.75 Å². The summed E-state index contributed by atoms with van der Waals surface area (Å²) in [6.07, 6.45) is 12.3. The minimum absolute atomic E-state index is 0.242. The highest BCUT2D eigenvalue weighted by Gasteiger charge is 2.27. The third kappa shape index (κ3) is 5.98. The lowest BCUT2D eigenvalue weighted by molar-refractivity contribution is 0.210. The number of hydrogen-bond donors (Lipinski definition) is 0. The molecular formula is C24H38O3S. The fourth-order valence-electron chi connectivity index (χ4n) is 4.79. The van der Waals surface area contributed by atoms with E-state index in [1.165, 1.54) is 56.1 Å². The monoisotopic (exact) mass is 406 g/mol. The first-order chi connectivity index (χ1) is 13.3. The van der Waals surface area contributed by atoms with Gasteiger partial charge in [-0.1, -0.05) is 18.9 Å². The Labute approximate surface area is 172 Å². The van der Waals surface area contributed by atoms with Crippen LogP contribution in [0.4, 0.5) is 0 Å². The molecule has 2 fully saturated rings. The molecule has 2 saturated carbocycles. The van der Waals surface area contributed by atoms with Gasteiger partial charge in [-0.25, -0.2) is 8.42 Å². The number of benzene rings is 1. The molecule has 158 valence electrons. The SMILES string of the molecule is Cc1cc(OC2CCCC2)ccc1CCC1CCC(CS(=O)(=O)C(C)C)CC1. The molecule has 1 aromatic carbocycles. The zero-order valence-corrected chi connectivity index (χ0v) is 18.8. The highest BCUT2D eigenvalue weighted by molar-refractivity contribution is 7.91. The molecule has 3 nitrogen and oxygen atoms in total. The molecule has 0 unspecified atom stereocenters. The quantitative estimate of drug-likeness (QED) is 0.541. The van der Waals surface area contributed by atoms with E-state index in [2.05, 4.69) is 25.1 Å². The molecular weight excluding hydrogens is 368 g/mol. The molecule has 3 rings (SSSR count). The summed E-state index contributed by atoms with van der Waals surface area (Å²) in [6, 6.07) is 6.61. The maximum atomic E-state index is 12.2. The largest absolute Gasteiger partial charge is 0.490 e. The lowest BCUT2D eigenvalue weighted by atomic mass is 9.80. The first-order valence-electron chi connectivity index (χ1n) is 11.3. The van der Waals surface area contributed by atoms with E-state index >= 15 is 0 Å². The van der Waals surface area contributed by atoms with Gasteiger partial charge in [-0.3, -0.25) is 0 Å². The van der Waals surface area contributed by atoms with Crippen molar-refractivity contribution in [2.75, 3.05) is 5.75 Å². The summed E-state index contributed by atoms with van der Waals surface area (Å²) in [7, 11) is -2.90. The Morgan fingerprint density at radius 1 is 1.00 bits per heavy atom. The van der Waals surface area contributed by atoms with Gasteiger partial charge in [0.15, 0.2) is 9.84 Å². The molecule has 2 aliphatic carbocycles. The van der Waals surface area contributed by atoms with E-state index in [0.717, 1.165) is 30.9 Å². The van der Waals surface area contributed by atoms with E-state index in [-0.39, 0.29) is 5.25 Å². The summed E-state index contributed by atoms with van der Waals surface area (Å²) in [4.78, 5) is 0. The van der Waals surface area contributed by atoms with Gasteiger partial charge >= 0.3 is 0 Å². The van der Waals surface area contributed by atoms with Crippen molar-refractivity contribution >= 4 is 9.84 Å². The van der Waals surface area contributed by atoms with Gasteiger partial charge in [0, 0.05) is 0 Å². The van der Waals surface area contributed by atoms with Gasteiger partial charge in [-0.2, -0.15) is 0 Å². The molecule has 1 aromatic rings. The van der Waals surface area contributed by atoms with Gasteiger partial charge < -0.3 is 4.74 Å². The summed E-state index contributed by atoms with van der Waals surface area (Å²) in [5.41, 5.74) is 2.77. The molecule has 4 heteroatoms. The summed E-state index contributed by atoms with van der Waals surface area (Å²) in [5, 5.41) is -0.242. The van der Waals surface area contributed by atoms with Crippen LogP contribution in [0, 0.1) is 18.8 Å². The van der Waals surface area contributed by atoms with Crippen molar-refractivity contribution in [3.05, 3.63) is 29.3 Å². The lowest BCUT2D eigenvalue weighted by Crippen LogP contribution is -2.26. The normalized spacial score (nSPS) is 24.0. The smallest absolute Gasteiger partial charge is 0.152 e. The van der Waals surface area contributed by atoms with E-state index in [1.807, 2.05) is 0 Å². The van der Waals surface area contributed by atoms with Crippen molar-refractivity contribution in [2.45, 2.75) is 96.3 Å². The zero-order valence-electron chi connectivity index (χ0n) is 18.0. The van der Waals surface area contributed by atoms with Crippen LogP contribution in [0.25, 0.3) is 0 Å². The van der Waals surface area contributed by atoms with Gasteiger partial charge in [0.2, 0.25) is 0 Å². The predicted octanol–water partition coefficient (Wildman–Crippen LogP) is 5.88. The number of aryl methyl sites for hydroxylation is 2. The Morgan fingerprint density at radius 2 is 1.64 bits per heavy atom.